The number of halogens is 1. The Balaban J connectivity index is 2.67. The largest absolute Gasteiger partial charge is 0.449 e. The molecule has 5 nitrogen and oxygen atoms in total. The number of benzene rings is 1. The maximum atomic E-state index is 13.1. The minimum Gasteiger partial charge on any atom is -0.449 e. The van der Waals surface area contributed by atoms with Crippen LogP contribution in [0, 0.1) is 5.82 Å². The van der Waals surface area contributed by atoms with Crippen LogP contribution < -0.4 is 11.1 Å². The van der Waals surface area contributed by atoms with Gasteiger partial charge in [0.15, 0.2) is 6.10 Å². The van der Waals surface area contributed by atoms with E-state index in [-0.39, 0.29) is 17.3 Å². The Morgan fingerprint density at radius 3 is 2.55 bits per heavy atom. The summed E-state index contributed by atoms with van der Waals surface area (Å²) in [5, 5.41) is 2.69. The van der Waals surface area contributed by atoms with Gasteiger partial charge in [0.05, 0.1) is 5.56 Å². The molecule has 1 aromatic carbocycles. The number of carbonyl (C=O) groups is 2. The zero-order valence-corrected chi connectivity index (χ0v) is 11.8. The van der Waals surface area contributed by atoms with Gasteiger partial charge in [0.1, 0.15) is 5.82 Å². The van der Waals surface area contributed by atoms with E-state index in [0.29, 0.717) is 0 Å². The van der Waals surface area contributed by atoms with Gasteiger partial charge in [-0.2, -0.15) is 0 Å². The average molecular weight is 282 g/mol. The molecule has 0 aliphatic carbocycles. The van der Waals surface area contributed by atoms with Gasteiger partial charge in [-0.1, -0.05) is 6.92 Å². The first-order chi connectivity index (χ1) is 9.33. The van der Waals surface area contributed by atoms with Crippen LogP contribution in [0.25, 0.3) is 0 Å². The number of hydrogen-bond donors (Lipinski definition) is 2. The molecule has 0 aromatic heterocycles. The summed E-state index contributed by atoms with van der Waals surface area (Å²) in [7, 11) is 0. The summed E-state index contributed by atoms with van der Waals surface area (Å²) >= 11 is 0. The lowest BCUT2D eigenvalue weighted by Crippen LogP contribution is -2.40. The maximum Gasteiger partial charge on any atom is 0.339 e. The van der Waals surface area contributed by atoms with Crippen molar-refractivity contribution in [2.45, 2.75) is 39.3 Å². The first-order valence-electron chi connectivity index (χ1n) is 6.41. The van der Waals surface area contributed by atoms with Crippen molar-refractivity contribution in [3.8, 4) is 0 Å². The highest BCUT2D eigenvalue weighted by Crippen LogP contribution is 2.12. The Labute approximate surface area is 117 Å². The predicted octanol–water partition coefficient (Wildman–Crippen LogP) is 1.87. The van der Waals surface area contributed by atoms with Crippen LogP contribution in [0.3, 0.4) is 0 Å². The molecule has 0 heterocycles. The second kappa shape index (κ2) is 6.88. The molecule has 1 aromatic rings. The van der Waals surface area contributed by atoms with E-state index in [1.807, 2.05) is 13.8 Å². The van der Waals surface area contributed by atoms with Gasteiger partial charge in [0.2, 0.25) is 0 Å². The molecule has 0 bridgehead atoms. The number of nitrogens with two attached hydrogens (primary N) is 1. The van der Waals surface area contributed by atoms with Crippen LogP contribution in [-0.2, 0) is 9.53 Å². The number of nitrogen functional groups attached to an aromatic ring is 1. The molecule has 0 saturated carbocycles. The molecule has 0 spiro atoms. The summed E-state index contributed by atoms with van der Waals surface area (Å²) in [5.74, 6) is -1.81. The van der Waals surface area contributed by atoms with Crippen molar-refractivity contribution in [1.29, 1.82) is 0 Å². The fourth-order valence-electron chi connectivity index (χ4n) is 1.47. The Morgan fingerprint density at radius 2 is 2.00 bits per heavy atom. The summed E-state index contributed by atoms with van der Waals surface area (Å²) in [6.45, 7) is 5.23. The smallest absolute Gasteiger partial charge is 0.339 e. The van der Waals surface area contributed by atoms with Crippen LogP contribution in [0.15, 0.2) is 18.2 Å². The Bertz CT molecular complexity index is 485. The maximum absolute atomic E-state index is 13.1. The van der Waals surface area contributed by atoms with Gasteiger partial charge in [-0.3, -0.25) is 4.79 Å². The number of carbonyl (C=O) groups excluding carboxylic acids is 2. The number of ether oxygens (including phenoxy) is 1. The van der Waals surface area contributed by atoms with Crippen LogP contribution in [0.2, 0.25) is 0 Å². The molecule has 110 valence electrons. The highest BCUT2D eigenvalue weighted by molar-refractivity contribution is 5.93. The van der Waals surface area contributed by atoms with Gasteiger partial charge in [-0.15, -0.1) is 0 Å². The average Bonchev–Trinajstić information content (AvgIpc) is 2.37. The van der Waals surface area contributed by atoms with Gasteiger partial charge in [-0.25, -0.2) is 9.18 Å². The zero-order valence-electron chi connectivity index (χ0n) is 11.8. The monoisotopic (exact) mass is 282 g/mol. The van der Waals surface area contributed by atoms with E-state index in [9.17, 15) is 14.0 Å². The van der Waals surface area contributed by atoms with E-state index in [4.69, 9.17) is 10.5 Å². The van der Waals surface area contributed by atoms with Crippen molar-refractivity contribution in [2.75, 3.05) is 5.73 Å². The van der Waals surface area contributed by atoms with Crippen LogP contribution in [0.5, 0.6) is 0 Å². The Morgan fingerprint density at radius 1 is 1.35 bits per heavy atom. The normalized spacial score (nSPS) is 13.4. The number of amides is 1. The molecule has 1 rings (SSSR count). The molecular weight excluding hydrogens is 263 g/mol. The van der Waals surface area contributed by atoms with Crippen LogP contribution in [0.1, 0.15) is 37.6 Å². The minimum absolute atomic E-state index is 0.00605. The molecule has 0 fully saturated rings. The lowest BCUT2D eigenvalue weighted by atomic mass is 10.2. The van der Waals surface area contributed by atoms with E-state index in [0.717, 1.165) is 18.6 Å². The summed E-state index contributed by atoms with van der Waals surface area (Å²) in [6, 6.07) is 3.40. The second-order valence-electron chi connectivity index (χ2n) is 4.64. The van der Waals surface area contributed by atoms with Gasteiger partial charge in [0.25, 0.3) is 5.91 Å². The summed E-state index contributed by atoms with van der Waals surface area (Å²) < 4.78 is 18.1. The Hall–Kier alpha value is -2.11. The van der Waals surface area contributed by atoms with Crippen molar-refractivity contribution in [2.24, 2.45) is 0 Å². The van der Waals surface area contributed by atoms with Gasteiger partial charge in [-0.05, 0) is 38.5 Å². The number of rotatable bonds is 5. The number of esters is 1. The SMILES string of the molecule is CCC(C)NC(=O)C(C)OC(=O)c1cc(N)cc(F)c1. The van der Waals surface area contributed by atoms with Crippen LogP contribution in [0.4, 0.5) is 10.1 Å². The molecule has 0 aliphatic heterocycles. The third kappa shape index (κ3) is 4.53. The van der Waals surface area contributed by atoms with Gasteiger partial charge >= 0.3 is 5.97 Å². The highest BCUT2D eigenvalue weighted by Gasteiger charge is 2.20. The van der Waals surface area contributed by atoms with E-state index >= 15 is 0 Å². The lowest BCUT2D eigenvalue weighted by Gasteiger charge is -2.16. The third-order valence-electron chi connectivity index (χ3n) is 2.81. The van der Waals surface area contributed by atoms with Crippen LogP contribution >= 0.6 is 0 Å². The molecule has 2 unspecified atom stereocenters. The van der Waals surface area contributed by atoms with E-state index < -0.39 is 23.8 Å². The number of hydrogen-bond acceptors (Lipinski definition) is 4. The quantitative estimate of drug-likeness (QED) is 0.638. The molecule has 3 N–H and O–H groups in total. The van der Waals surface area contributed by atoms with Crippen molar-refractivity contribution in [3.05, 3.63) is 29.6 Å². The summed E-state index contributed by atoms with van der Waals surface area (Å²) in [4.78, 5) is 23.5. The first kappa shape index (κ1) is 15.9. The lowest BCUT2D eigenvalue weighted by molar-refractivity contribution is -0.129. The minimum atomic E-state index is -0.957. The van der Waals surface area contributed by atoms with Gasteiger partial charge < -0.3 is 15.8 Å². The molecule has 6 heteroatoms. The fourth-order valence-corrected chi connectivity index (χ4v) is 1.47. The second-order valence-corrected chi connectivity index (χ2v) is 4.64. The molecule has 2 atom stereocenters. The van der Waals surface area contributed by atoms with E-state index in [1.165, 1.54) is 13.0 Å². The molecule has 0 radical (unpaired) electrons. The highest BCUT2D eigenvalue weighted by atomic mass is 19.1. The molecule has 20 heavy (non-hydrogen) atoms. The van der Waals surface area contributed by atoms with Crippen LogP contribution in [-0.4, -0.2) is 24.0 Å². The molecule has 0 aliphatic rings. The summed E-state index contributed by atoms with van der Waals surface area (Å²) in [6.07, 6.45) is -0.187. The van der Waals surface area contributed by atoms with Crippen molar-refractivity contribution in [3.63, 3.8) is 0 Å². The van der Waals surface area contributed by atoms with Crippen molar-refractivity contribution in [1.82, 2.24) is 5.32 Å². The summed E-state index contributed by atoms with van der Waals surface area (Å²) in [5.41, 5.74) is 5.54. The Kier molecular flexibility index (Phi) is 5.49. The third-order valence-corrected chi connectivity index (χ3v) is 2.81. The van der Waals surface area contributed by atoms with Crippen molar-refractivity contribution < 1.29 is 18.7 Å². The van der Waals surface area contributed by atoms with Crippen molar-refractivity contribution >= 4 is 17.6 Å². The topological polar surface area (TPSA) is 81.4 Å². The van der Waals surface area contributed by atoms with E-state index in [2.05, 4.69) is 5.32 Å². The molecule has 0 saturated heterocycles. The zero-order chi connectivity index (χ0) is 15.3. The number of anilines is 1. The standard InChI is InChI=1S/C14H19FN2O3/c1-4-8(2)17-13(18)9(3)20-14(19)10-5-11(15)7-12(16)6-10/h5-9H,4,16H2,1-3H3,(H,17,18). The van der Waals surface area contributed by atoms with E-state index in [1.54, 1.807) is 0 Å². The molecule has 1 amide bonds. The predicted molar refractivity (Wildman–Crippen MR) is 73.6 cm³/mol. The number of nitrogens with one attached hydrogen (secondary N) is 1. The van der Waals surface area contributed by atoms with Gasteiger partial charge in [0, 0.05) is 11.7 Å². The molecular formula is C14H19FN2O3. The fraction of sp³-hybridized carbons (Fsp3) is 0.429. The first-order valence-corrected chi connectivity index (χ1v) is 6.41.